The van der Waals surface area contributed by atoms with Gasteiger partial charge >= 0.3 is 0 Å². The van der Waals surface area contributed by atoms with Gasteiger partial charge in [0.25, 0.3) is 5.69 Å². The number of amides is 1. The summed E-state index contributed by atoms with van der Waals surface area (Å²) in [7, 11) is -3.90. The topological polar surface area (TPSA) is 113 Å². The van der Waals surface area contributed by atoms with E-state index in [0.29, 0.717) is 5.56 Å². The second-order valence-electron chi connectivity index (χ2n) is 9.09. The first-order valence-corrected chi connectivity index (χ1v) is 13.8. The Kier molecular flexibility index (Phi) is 8.85. The first-order chi connectivity index (χ1) is 16.6. The zero-order valence-electron chi connectivity index (χ0n) is 20.6. The standard InChI is InChI=1S/C25H34N4O5S/c1-4-23(28(35(3,33)34)24-16-22(29(31)32)12-11-19(24)2)25(30)26-17-20-9-8-10-21(15-20)18-27-13-6-5-7-14-27/h8-12,15-16,23H,4-7,13-14,17-18H2,1-3H3,(H,26,30)/t23-/m1/s1. The van der Waals surface area contributed by atoms with Crippen molar-refractivity contribution in [3.05, 3.63) is 69.3 Å². The lowest BCUT2D eigenvalue weighted by Crippen LogP contribution is -2.49. The molecular weight excluding hydrogens is 468 g/mol. The number of likely N-dealkylation sites (tertiary alicyclic amines) is 1. The average Bonchev–Trinajstić information content (AvgIpc) is 2.81. The van der Waals surface area contributed by atoms with Gasteiger partial charge in [-0.25, -0.2) is 8.42 Å². The summed E-state index contributed by atoms with van der Waals surface area (Å²) < 4.78 is 26.5. The van der Waals surface area contributed by atoms with Crippen molar-refractivity contribution >= 4 is 27.3 Å². The minimum atomic E-state index is -3.90. The van der Waals surface area contributed by atoms with Crippen LogP contribution in [0.1, 0.15) is 49.3 Å². The Balaban J connectivity index is 1.77. The second-order valence-corrected chi connectivity index (χ2v) is 10.9. The number of carbonyl (C=O) groups excluding carboxylic acids is 1. The fourth-order valence-corrected chi connectivity index (χ4v) is 5.77. The Bertz CT molecular complexity index is 1160. The number of hydrogen-bond donors (Lipinski definition) is 1. The van der Waals surface area contributed by atoms with Crippen molar-refractivity contribution in [2.24, 2.45) is 0 Å². The van der Waals surface area contributed by atoms with Gasteiger partial charge in [-0.1, -0.05) is 43.7 Å². The highest BCUT2D eigenvalue weighted by atomic mass is 32.2. The number of benzene rings is 2. The van der Waals surface area contributed by atoms with Crippen LogP contribution in [0.2, 0.25) is 0 Å². The minimum absolute atomic E-state index is 0.132. The molecule has 35 heavy (non-hydrogen) atoms. The Morgan fingerprint density at radius 2 is 1.83 bits per heavy atom. The van der Waals surface area contributed by atoms with E-state index in [1.807, 2.05) is 12.1 Å². The molecule has 1 aliphatic heterocycles. The van der Waals surface area contributed by atoms with Crippen LogP contribution in [0.3, 0.4) is 0 Å². The monoisotopic (exact) mass is 502 g/mol. The summed E-state index contributed by atoms with van der Waals surface area (Å²) in [6.07, 6.45) is 4.92. The van der Waals surface area contributed by atoms with Crippen LogP contribution in [-0.2, 0) is 27.9 Å². The van der Waals surface area contributed by atoms with Crippen LogP contribution < -0.4 is 9.62 Å². The Hall–Kier alpha value is -2.98. The molecule has 1 atom stereocenters. The molecule has 0 saturated carbocycles. The lowest BCUT2D eigenvalue weighted by molar-refractivity contribution is -0.384. The van der Waals surface area contributed by atoms with E-state index in [0.717, 1.165) is 35.8 Å². The number of nitrogens with zero attached hydrogens (tertiary/aromatic N) is 3. The van der Waals surface area contributed by atoms with E-state index in [1.165, 1.54) is 43.0 Å². The van der Waals surface area contributed by atoms with Crippen molar-refractivity contribution in [3.8, 4) is 0 Å². The van der Waals surface area contributed by atoms with E-state index in [1.54, 1.807) is 13.8 Å². The number of non-ortho nitro benzene ring substituents is 1. The highest BCUT2D eigenvalue weighted by Crippen LogP contribution is 2.30. The maximum Gasteiger partial charge on any atom is 0.271 e. The maximum atomic E-state index is 13.2. The van der Waals surface area contributed by atoms with E-state index in [2.05, 4.69) is 22.3 Å². The number of nitro benzene ring substituents is 1. The molecule has 190 valence electrons. The van der Waals surface area contributed by atoms with Gasteiger partial charge in [-0.05, 0) is 56.0 Å². The number of sulfonamides is 1. The summed E-state index contributed by atoms with van der Waals surface area (Å²) in [6.45, 7) is 6.70. The van der Waals surface area contributed by atoms with Crippen LogP contribution >= 0.6 is 0 Å². The number of piperidine rings is 1. The summed E-state index contributed by atoms with van der Waals surface area (Å²) in [6, 6.07) is 11.0. The fraction of sp³-hybridized carbons (Fsp3) is 0.480. The number of anilines is 1. The van der Waals surface area contributed by atoms with Gasteiger partial charge in [0.05, 0.1) is 16.9 Å². The van der Waals surface area contributed by atoms with E-state index < -0.39 is 26.9 Å². The van der Waals surface area contributed by atoms with Crippen molar-refractivity contribution in [1.29, 1.82) is 0 Å². The number of nitro groups is 1. The molecule has 0 radical (unpaired) electrons. The van der Waals surface area contributed by atoms with E-state index in [-0.39, 0.29) is 24.3 Å². The van der Waals surface area contributed by atoms with Crippen molar-refractivity contribution in [2.75, 3.05) is 23.7 Å². The third kappa shape index (κ3) is 7.02. The van der Waals surface area contributed by atoms with Gasteiger partial charge in [-0.3, -0.25) is 24.1 Å². The molecule has 2 aromatic carbocycles. The number of rotatable bonds is 10. The molecule has 1 saturated heterocycles. The molecule has 0 aromatic heterocycles. The summed E-state index contributed by atoms with van der Waals surface area (Å²) >= 11 is 0. The largest absolute Gasteiger partial charge is 0.350 e. The Labute approximate surface area is 207 Å². The normalized spacial score (nSPS) is 15.4. The summed E-state index contributed by atoms with van der Waals surface area (Å²) in [5, 5.41) is 14.1. The molecule has 1 fully saturated rings. The number of aryl methyl sites for hydroxylation is 1. The van der Waals surface area contributed by atoms with Crippen LogP contribution in [0.15, 0.2) is 42.5 Å². The van der Waals surface area contributed by atoms with E-state index in [4.69, 9.17) is 0 Å². The number of hydrogen-bond acceptors (Lipinski definition) is 6. The van der Waals surface area contributed by atoms with E-state index in [9.17, 15) is 23.3 Å². The molecule has 0 aliphatic carbocycles. The summed E-state index contributed by atoms with van der Waals surface area (Å²) in [5.74, 6) is -0.453. The van der Waals surface area contributed by atoms with Gasteiger partial charge in [-0.2, -0.15) is 0 Å². The van der Waals surface area contributed by atoms with Crippen LogP contribution in [0.5, 0.6) is 0 Å². The average molecular weight is 503 g/mol. The first-order valence-electron chi connectivity index (χ1n) is 11.9. The van der Waals surface area contributed by atoms with Gasteiger partial charge in [0.15, 0.2) is 0 Å². The minimum Gasteiger partial charge on any atom is -0.350 e. The molecular formula is C25H34N4O5S. The molecule has 9 nitrogen and oxygen atoms in total. The summed E-state index contributed by atoms with van der Waals surface area (Å²) in [5.41, 5.74) is 2.53. The Morgan fingerprint density at radius 1 is 1.14 bits per heavy atom. The highest BCUT2D eigenvalue weighted by Gasteiger charge is 2.33. The number of nitrogens with one attached hydrogen (secondary N) is 1. The van der Waals surface area contributed by atoms with Crippen molar-refractivity contribution in [1.82, 2.24) is 10.2 Å². The Morgan fingerprint density at radius 3 is 2.46 bits per heavy atom. The van der Waals surface area contributed by atoms with E-state index >= 15 is 0 Å². The highest BCUT2D eigenvalue weighted by molar-refractivity contribution is 7.92. The molecule has 0 unspecified atom stereocenters. The van der Waals surface area contributed by atoms with Crippen LogP contribution in [0.25, 0.3) is 0 Å². The van der Waals surface area contributed by atoms with Crippen molar-refractivity contribution in [3.63, 3.8) is 0 Å². The van der Waals surface area contributed by atoms with Crippen LogP contribution in [0, 0.1) is 17.0 Å². The zero-order chi connectivity index (χ0) is 25.6. The van der Waals surface area contributed by atoms with Crippen LogP contribution in [-0.4, -0.2) is 49.5 Å². The predicted octanol–water partition coefficient (Wildman–Crippen LogP) is 3.75. The SMILES string of the molecule is CC[C@H](C(=O)NCc1cccc(CN2CCCCC2)c1)N(c1cc([N+](=O)[O-])ccc1C)S(C)(=O)=O. The van der Waals surface area contributed by atoms with Crippen LogP contribution in [0.4, 0.5) is 11.4 Å². The van der Waals surface area contributed by atoms with Gasteiger partial charge in [0.2, 0.25) is 15.9 Å². The molecule has 1 N–H and O–H groups in total. The lowest BCUT2D eigenvalue weighted by atomic mass is 10.1. The lowest BCUT2D eigenvalue weighted by Gasteiger charge is -2.31. The van der Waals surface area contributed by atoms with Crippen molar-refractivity contribution < 1.29 is 18.1 Å². The third-order valence-corrected chi connectivity index (χ3v) is 7.45. The van der Waals surface area contributed by atoms with Gasteiger partial charge in [0, 0.05) is 25.2 Å². The molecule has 3 rings (SSSR count). The fourth-order valence-electron chi connectivity index (χ4n) is 4.50. The molecule has 0 bridgehead atoms. The molecule has 0 spiro atoms. The molecule has 2 aromatic rings. The molecule has 1 amide bonds. The van der Waals surface area contributed by atoms with Gasteiger partial charge in [0.1, 0.15) is 6.04 Å². The second kappa shape index (κ2) is 11.6. The zero-order valence-corrected chi connectivity index (χ0v) is 21.4. The predicted molar refractivity (Wildman–Crippen MR) is 137 cm³/mol. The number of carbonyl (C=O) groups is 1. The first kappa shape index (κ1) is 26.6. The maximum absolute atomic E-state index is 13.2. The quantitative estimate of drug-likeness (QED) is 0.391. The molecule has 1 heterocycles. The van der Waals surface area contributed by atoms with Gasteiger partial charge in [-0.15, -0.1) is 0 Å². The third-order valence-electron chi connectivity index (χ3n) is 6.28. The smallest absolute Gasteiger partial charge is 0.271 e. The van der Waals surface area contributed by atoms with Crippen molar-refractivity contribution in [2.45, 2.75) is 58.7 Å². The summed E-state index contributed by atoms with van der Waals surface area (Å²) in [4.78, 5) is 26.3. The molecule has 1 aliphatic rings. The molecule has 10 heteroatoms. The van der Waals surface area contributed by atoms with Gasteiger partial charge < -0.3 is 5.32 Å².